The van der Waals surface area contributed by atoms with Gasteiger partial charge in [0, 0.05) is 50.0 Å². The summed E-state index contributed by atoms with van der Waals surface area (Å²) >= 11 is 0. The molecule has 0 amide bonds. The van der Waals surface area contributed by atoms with Gasteiger partial charge in [-0.2, -0.15) is 17.4 Å². The first kappa shape index (κ1) is 33.5. The van der Waals surface area contributed by atoms with Crippen LogP contribution in [0.5, 0.6) is 5.75 Å². The number of nitrogens with one attached hydrogen (secondary N) is 1. The number of ether oxygens (including phenoxy) is 1. The smallest absolute Gasteiger partial charge is 0.331 e. The van der Waals surface area contributed by atoms with Crippen LogP contribution < -0.4 is 25.6 Å². The fourth-order valence-electron chi connectivity index (χ4n) is 5.44. The van der Waals surface area contributed by atoms with E-state index in [1.54, 1.807) is 58.3 Å². The van der Waals surface area contributed by atoms with Crippen molar-refractivity contribution in [2.45, 2.75) is 26.4 Å². The predicted octanol–water partition coefficient (Wildman–Crippen LogP) is 2.22. The van der Waals surface area contributed by atoms with Crippen molar-refractivity contribution < 1.29 is 23.1 Å². The summed E-state index contributed by atoms with van der Waals surface area (Å²) in [6.45, 7) is 4.76. The number of hydrogen-bond acceptors (Lipinski definition) is 7. The van der Waals surface area contributed by atoms with Crippen LogP contribution in [0, 0.1) is 17.8 Å². The first-order valence-corrected chi connectivity index (χ1v) is 16.6. The van der Waals surface area contributed by atoms with Crippen molar-refractivity contribution in [3.8, 4) is 17.6 Å². The number of aryl methyl sites for hydroxylation is 1. The van der Waals surface area contributed by atoms with Crippen LogP contribution in [0.1, 0.15) is 30.5 Å². The number of hydrogen-bond donors (Lipinski definition) is 2. The van der Waals surface area contributed by atoms with E-state index in [9.17, 15) is 27.9 Å². The lowest BCUT2D eigenvalue weighted by atomic mass is 10.1. The molecule has 1 saturated heterocycles. The Balaban J connectivity index is 1.28. The molecule has 1 fully saturated rings. The molecule has 3 aromatic carbocycles. The summed E-state index contributed by atoms with van der Waals surface area (Å²) < 4.78 is 37.0. The number of carboxylic acid groups (broad SMARTS) is 1. The van der Waals surface area contributed by atoms with Crippen molar-refractivity contribution >= 4 is 32.8 Å². The molecule has 4 aromatic rings. The minimum absolute atomic E-state index is 0.124. The first-order valence-electron chi connectivity index (χ1n) is 15.1. The number of piperazine rings is 1. The average Bonchev–Trinajstić information content (AvgIpc) is 3.07. The third-order valence-electron chi connectivity index (χ3n) is 8.22. The van der Waals surface area contributed by atoms with E-state index in [1.807, 2.05) is 36.4 Å². The van der Waals surface area contributed by atoms with Crippen molar-refractivity contribution in [3.63, 3.8) is 0 Å². The third kappa shape index (κ3) is 7.41. The van der Waals surface area contributed by atoms with Crippen molar-refractivity contribution in [1.29, 1.82) is 0 Å². The minimum Gasteiger partial charge on any atom is -0.497 e. The molecule has 0 spiro atoms. The summed E-state index contributed by atoms with van der Waals surface area (Å²) in [7, 11) is -0.732. The number of anilines is 1. The number of methoxy groups -OCH3 is 1. The van der Waals surface area contributed by atoms with Crippen LogP contribution in [0.3, 0.4) is 0 Å². The quantitative estimate of drug-likeness (QED) is 0.261. The summed E-state index contributed by atoms with van der Waals surface area (Å²) in [5.74, 6) is 5.33. The molecule has 5 rings (SSSR count). The Morgan fingerprint density at radius 1 is 0.936 bits per heavy atom. The zero-order valence-corrected chi connectivity index (χ0v) is 27.5. The zero-order chi connectivity index (χ0) is 33.9. The molecule has 0 aliphatic carbocycles. The van der Waals surface area contributed by atoms with Gasteiger partial charge in [-0.25, -0.2) is 4.79 Å². The predicted molar refractivity (Wildman–Crippen MR) is 180 cm³/mol. The highest BCUT2D eigenvalue weighted by molar-refractivity contribution is 7.87. The molecule has 0 bridgehead atoms. The van der Waals surface area contributed by atoms with Gasteiger partial charge in [0.2, 0.25) is 0 Å². The van der Waals surface area contributed by atoms with Gasteiger partial charge in [0.25, 0.3) is 15.8 Å². The topological polar surface area (TPSA) is 143 Å². The molecule has 1 aromatic heterocycles. The Hall–Kier alpha value is -4.90. The fraction of sp³-hybridized carbons (Fsp3) is 0.324. The number of aromatic nitrogens is 2. The maximum absolute atomic E-state index is 13.4. The van der Waals surface area contributed by atoms with E-state index in [-0.39, 0.29) is 19.6 Å². The molecule has 0 radical (unpaired) electrons. The summed E-state index contributed by atoms with van der Waals surface area (Å²) in [5, 5.41) is 9.76. The van der Waals surface area contributed by atoms with Gasteiger partial charge >= 0.3 is 11.7 Å². The normalized spacial score (nSPS) is 14.5. The van der Waals surface area contributed by atoms with Crippen LogP contribution in [0.15, 0.2) is 76.3 Å². The highest BCUT2D eigenvalue weighted by Gasteiger charge is 2.33. The van der Waals surface area contributed by atoms with Gasteiger partial charge < -0.3 is 14.7 Å². The number of fused-ring (bicyclic) bond motifs is 1. The highest BCUT2D eigenvalue weighted by Crippen LogP contribution is 2.19. The third-order valence-corrected chi connectivity index (χ3v) is 9.82. The maximum Gasteiger partial charge on any atom is 0.331 e. The second-order valence-corrected chi connectivity index (χ2v) is 13.4. The Morgan fingerprint density at radius 3 is 2.15 bits per heavy atom. The summed E-state index contributed by atoms with van der Waals surface area (Å²) in [6, 6.07) is 18.8. The zero-order valence-electron chi connectivity index (χ0n) is 26.6. The van der Waals surface area contributed by atoms with Gasteiger partial charge in [-0.3, -0.25) is 18.7 Å². The number of nitrogens with zero attached hydrogens (tertiary/aromatic N) is 4. The Labute approximate surface area is 273 Å². The van der Waals surface area contributed by atoms with Gasteiger partial charge in [-0.1, -0.05) is 37.8 Å². The summed E-state index contributed by atoms with van der Waals surface area (Å²) in [4.78, 5) is 40.0. The van der Waals surface area contributed by atoms with Gasteiger partial charge in [0.05, 0.1) is 24.6 Å². The van der Waals surface area contributed by atoms with Crippen LogP contribution in [0.25, 0.3) is 10.9 Å². The van der Waals surface area contributed by atoms with E-state index >= 15 is 0 Å². The van der Waals surface area contributed by atoms with Crippen molar-refractivity contribution in [2.24, 2.45) is 13.0 Å². The highest BCUT2D eigenvalue weighted by atomic mass is 32.2. The van der Waals surface area contributed by atoms with Crippen molar-refractivity contribution in [1.82, 2.24) is 18.2 Å². The average molecular weight is 660 g/mol. The van der Waals surface area contributed by atoms with Crippen molar-refractivity contribution in [2.75, 3.05) is 38.2 Å². The van der Waals surface area contributed by atoms with E-state index in [2.05, 4.69) is 21.5 Å². The van der Waals surface area contributed by atoms with E-state index in [4.69, 9.17) is 4.74 Å². The number of carbonyl (C=O) groups is 1. The Morgan fingerprint density at radius 2 is 1.55 bits per heavy atom. The van der Waals surface area contributed by atoms with Crippen LogP contribution in [0.4, 0.5) is 5.69 Å². The van der Waals surface area contributed by atoms with E-state index in [0.717, 1.165) is 16.8 Å². The molecule has 47 heavy (non-hydrogen) atoms. The minimum atomic E-state index is -3.94. The number of aliphatic carboxylic acids is 1. The molecule has 1 aliphatic rings. The molecule has 2 N–H and O–H groups in total. The van der Waals surface area contributed by atoms with Crippen LogP contribution in [0.2, 0.25) is 0 Å². The molecule has 12 nitrogen and oxygen atoms in total. The molecule has 13 heteroatoms. The fourth-order valence-corrected chi connectivity index (χ4v) is 6.93. The number of rotatable bonds is 9. The Bertz CT molecular complexity index is 2070. The largest absolute Gasteiger partial charge is 0.497 e. The molecule has 1 aliphatic heterocycles. The molecule has 246 valence electrons. The van der Waals surface area contributed by atoms with E-state index < -0.39 is 39.4 Å². The lowest BCUT2D eigenvalue weighted by molar-refractivity contribution is -0.140. The second kappa shape index (κ2) is 13.8. The molecular formula is C34H37N5O7S. The molecule has 0 unspecified atom stereocenters. The van der Waals surface area contributed by atoms with E-state index in [1.165, 1.54) is 13.4 Å². The Kier molecular flexibility index (Phi) is 9.85. The van der Waals surface area contributed by atoms with Gasteiger partial charge in [-0.05, 0) is 66.1 Å². The van der Waals surface area contributed by atoms with E-state index in [0.29, 0.717) is 35.3 Å². The SMILES string of the molecule is COc1ccc(Cn2c(=O)c3cc(C#Cc4ccc(N5CCN(S(=O)(=O)N[C@@H](C(=O)O)C(C)C)CC5)cc4)ccc3n(C)c2=O)cc1. The molecule has 0 saturated carbocycles. The second-order valence-electron chi connectivity index (χ2n) is 11.7. The number of carboxylic acids is 1. The van der Waals surface area contributed by atoms with Crippen molar-refractivity contribution in [3.05, 3.63) is 104 Å². The van der Waals surface area contributed by atoms with Crippen LogP contribution >= 0.6 is 0 Å². The first-order chi connectivity index (χ1) is 22.4. The summed E-state index contributed by atoms with van der Waals surface area (Å²) in [6.07, 6.45) is 0. The standard InChI is InChI=1S/C34H37N5O7S/c1-23(2)31(33(41)42)35-47(44,45)38-19-17-37(18-20-38)27-12-7-24(8-13-27)5-6-25-11-16-30-29(21-25)32(40)39(34(43)36(30)3)22-26-9-14-28(46-4)15-10-26/h7-16,21,23,31,35H,17-20,22H2,1-4H3,(H,41,42)/t31-/m1/s1. The molecule has 1 atom stereocenters. The monoisotopic (exact) mass is 659 g/mol. The summed E-state index contributed by atoms with van der Waals surface area (Å²) in [5.41, 5.74) is 2.81. The van der Waals surface area contributed by atoms with Gasteiger partial charge in [-0.15, -0.1) is 0 Å². The van der Waals surface area contributed by atoms with Gasteiger partial charge in [0.1, 0.15) is 11.8 Å². The lowest BCUT2D eigenvalue weighted by Crippen LogP contribution is -2.55. The molecular weight excluding hydrogens is 622 g/mol. The maximum atomic E-state index is 13.4. The molecule has 2 heterocycles. The lowest BCUT2D eigenvalue weighted by Gasteiger charge is -2.36. The van der Waals surface area contributed by atoms with Gasteiger partial charge in [0.15, 0.2) is 0 Å². The van der Waals surface area contributed by atoms with Crippen LogP contribution in [-0.2, 0) is 28.6 Å². The number of benzene rings is 3. The van der Waals surface area contributed by atoms with Crippen LogP contribution in [-0.4, -0.2) is 72.3 Å².